The molecule has 0 radical (unpaired) electrons. The number of likely N-dealkylation sites (tertiary alicyclic amines) is 1. The number of ether oxygens (including phenoxy) is 1. The van der Waals surface area contributed by atoms with Crippen molar-refractivity contribution < 1.29 is 19.2 Å². The number of benzene rings is 2. The molecule has 31 heavy (non-hydrogen) atoms. The van der Waals surface area contributed by atoms with Crippen LogP contribution in [-0.4, -0.2) is 47.7 Å². The summed E-state index contributed by atoms with van der Waals surface area (Å²) in [7, 11) is 0. The largest absolute Gasteiger partial charge is 0.484 e. The van der Waals surface area contributed by atoms with Gasteiger partial charge in [0.1, 0.15) is 11.5 Å². The average Bonchev–Trinajstić information content (AvgIpc) is 3.20. The Kier molecular flexibility index (Phi) is 6.21. The van der Waals surface area contributed by atoms with Crippen LogP contribution < -0.4 is 10.1 Å². The molecule has 0 aliphatic carbocycles. The van der Waals surface area contributed by atoms with Crippen LogP contribution in [0, 0.1) is 6.92 Å². The SMILES string of the molecule is Cc1ccc(CNC(=O)C2=NOC3(CCCN(C(=O)COc4ccccc4)C3)C2)cc1. The number of oxime groups is 1. The van der Waals surface area contributed by atoms with Crippen molar-refractivity contribution in [2.75, 3.05) is 19.7 Å². The van der Waals surface area contributed by atoms with Crippen molar-refractivity contribution in [1.29, 1.82) is 0 Å². The molecule has 1 spiro atoms. The maximum Gasteiger partial charge on any atom is 0.269 e. The summed E-state index contributed by atoms with van der Waals surface area (Å²) in [4.78, 5) is 32.7. The second-order valence-electron chi connectivity index (χ2n) is 8.18. The van der Waals surface area contributed by atoms with E-state index in [9.17, 15) is 9.59 Å². The molecule has 2 aromatic carbocycles. The molecular weight excluding hydrogens is 394 g/mol. The molecule has 4 rings (SSSR count). The van der Waals surface area contributed by atoms with E-state index in [1.807, 2.05) is 61.5 Å². The molecule has 1 saturated heterocycles. The minimum atomic E-state index is -0.628. The Labute approximate surface area is 182 Å². The number of para-hydroxylation sites is 1. The first kappa shape index (κ1) is 20.9. The van der Waals surface area contributed by atoms with Gasteiger partial charge in [-0.3, -0.25) is 9.59 Å². The van der Waals surface area contributed by atoms with Gasteiger partial charge in [-0.2, -0.15) is 0 Å². The summed E-state index contributed by atoms with van der Waals surface area (Å²) in [5, 5.41) is 6.97. The van der Waals surface area contributed by atoms with Crippen LogP contribution in [0.2, 0.25) is 0 Å². The van der Waals surface area contributed by atoms with Gasteiger partial charge in [0.2, 0.25) is 0 Å². The van der Waals surface area contributed by atoms with Gasteiger partial charge in [-0.1, -0.05) is 53.2 Å². The van der Waals surface area contributed by atoms with Gasteiger partial charge in [0.15, 0.2) is 12.2 Å². The van der Waals surface area contributed by atoms with E-state index in [1.54, 1.807) is 4.90 Å². The summed E-state index contributed by atoms with van der Waals surface area (Å²) < 4.78 is 5.59. The Hall–Kier alpha value is -3.35. The highest BCUT2D eigenvalue weighted by Gasteiger charge is 2.45. The number of rotatable bonds is 6. The second-order valence-corrected chi connectivity index (χ2v) is 8.18. The monoisotopic (exact) mass is 421 g/mol. The predicted octanol–water partition coefficient (Wildman–Crippen LogP) is 2.83. The minimum Gasteiger partial charge on any atom is -0.484 e. The van der Waals surface area contributed by atoms with Gasteiger partial charge in [-0.15, -0.1) is 0 Å². The number of carbonyl (C=O) groups excluding carboxylic acids is 2. The number of aryl methyl sites for hydroxylation is 1. The van der Waals surface area contributed by atoms with Crippen LogP contribution in [0.3, 0.4) is 0 Å². The molecule has 2 aliphatic rings. The van der Waals surface area contributed by atoms with Crippen LogP contribution in [-0.2, 0) is 21.0 Å². The summed E-state index contributed by atoms with van der Waals surface area (Å²) in [6.07, 6.45) is 1.95. The molecule has 0 bridgehead atoms. The lowest BCUT2D eigenvalue weighted by molar-refractivity contribution is -0.142. The fraction of sp³-hybridized carbons (Fsp3) is 0.375. The van der Waals surface area contributed by atoms with Crippen molar-refractivity contribution in [2.45, 2.75) is 38.3 Å². The number of carbonyl (C=O) groups is 2. The number of amides is 2. The molecule has 162 valence electrons. The van der Waals surface area contributed by atoms with E-state index in [-0.39, 0.29) is 18.4 Å². The van der Waals surface area contributed by atoms with Gasteiger partial charge < -0.3 is 19.8 Å². The van der Waals surface area contributed by atoms with Crippen LogP contribution >= 0.6 is 0 Å². The van der Waals surface area contributed by atoms with E-state index in [0.717, 1.165) is 18.4 Å². The van der Waals surface area contributed by atoms with E-state index >= 15 is 0 Å². The minimum absolute atomic E-state index is 0.0230. The Balaban J connectivity index is 1.28. The molecule has 1 fully saturated rings. The second kappa shape index (κ2) is 9.20. The van der Waals surface area contributed by atoms with Gasteiger partial charge in [0, 0.05) is 19.5 Å². The number of hydrogen-bond donors (Lipinski definition) is 1. The Morgan fingerprint density at radius 1 is 1.16 bits per heavy atom. The smallest absolute Gasteiger partial charge is 0.269 e. The van der Waals surface area contributed by atoms with E-state index < -0.39 is 5.60 Å². The standard InChI is InChI=1S/C24H27N3O4/c1-18-8-10-19(11-9-18)15-25-23(29)21-14-24(31-26-21)12-5-13-27(17-24)22(28)16-30-20-6-3-2-4-7-20/h2-4,6-11H,5,12-17H2,1H3,(H,25,29). The summed E-state index contributed by atoms with van der Waals surface area (Å²) >= 11 is 0. The van der Waals surface area contributed by atoms with Gasteiger partial charge in [0.25, 0.3) is 11.8 Å². The summed E-state index contributed by atoms with van der Waals surface area (Å²) in [6.45, 7) is 3.50. The molecule has 2 aliphatic heterocycles. The summed E-state index contributed by atoms with van der Waals surface area (Å²) in [5.74, 6) is 0.340. The topological polar surface area (TPSA) is 80.2 Å². The number of nitrogens with one attached hydrogen (secondary N) is 1. The van der Waals surface area contributed by atoms with Crippen LogP contribution in [0.1, 0.15) is 30.4 Å². The van der Waals surface area contributed by atoms with E-state index in [4.69, 9.17) is 9.57 Å². The van der Waals surface area contributed by atoms with Crippen molar-refractivity contribution in [3.05, 3.63) is 65.7 Å². The highest BCUT2D eigenvalue weighted by molar-refractivity contribution is 6.39. The van der Waals surface area contributed by atoms with E-state index in [0.29, 0.717) is 37.5 Å². The van der Waals surface area contributed by atoms with Crippen molar-refractivity contribution >= 4 is 17.5 Å². The molecule has 1 N–H and O–H groups in total. The quantitative estimate of drug-likeness (QED) is 0.778. The average molecular weight is 421 g/mol. The van der Waals surface area contributed by atoms with Crippen LogP contribution in [0.4, 0.5) is 0 Å². The third-order valence-electron chi connectivity index (χ3n) is 5.67. The van der Waals surface area contributed by atoms with Gasteiger partial charge in [-0.05, 0) is 37.5 Å². The van der Waals surface area contributed by atoms with Crippen molar-refractivity contribution in [2.24, 2.45) is 5.16 Å². The first-order valence-electron chi connectivity index (χ1n) is 10.6. The zero-order valence-corrected chi connectivity index (χ0v) is 17.7. The predicted molar refractivity (Wildman–Crippen MR) is 117 cm³/mol. The fourth-order valence-corrected chi connectivity index (χ4v) is 3.92. The fourth-order valence-electron chi connectivity index (χ4n) is 3.92. The van der Waals surface area contributed by atoms with Gasteiger partial charge in [0.05, 0.1) is 6.54 Å². The molecule has 2 heterocycles. The Morgan fingerprint density at radius 2 is 1.94 bits per heavy atom. The first-order chi connectivity index (χ1) is 15.0. The highest BCUT2D eigenvalue weighted by atomic mass is 16.7. The van der Waals surface area contributed by atoms with Gasteiger partial charge >= 0.3 is 0 Å². The first-order valence-corrected chi connectivity index (χ1v) is 10.6. The van der Waals surface area contributed by atoms with Crippen LogP contribution in [0.25, 0.3) is 0 Å². The Bertz CT molecular complexity index is 959. The number of piperidine rings is 1. The molecule has 0 saturated carbocycles. The molecule has 0 aromatic heterocycles. The number of hydrogen-bond acceptors (Lipinski definition) is 5. The molecule has 1 unspecified atom stereocenters. The lowest BCUT2D eigenvalue weighted by atomic mass is 9.88. The molecular formula is C24H27N3O4. The normalized spacial score (nSPS) is 20.2. The van der Waals surface area contributed by atoms with Crippen LogP contribution in [0.15, 0.2) is 59.8 Å². The lowest BCUT2D eigenvalue weighted by Gasteiger charge is -2.38. The number of nitrogens with zero attached hydrogens (tertiary/aromatic N) is 2. The molecule has 2 aromatic rings. The van der Waals surface area contributed by atoms with E-state index in [2.05, 4.69) is 10.5 Å². The summed E-state index contributed by atoms with van der Waals surface area (Å²) in [5.41, 5.74) is 1.95. The Morgan fingerprint density at radius 3 is 2.71 bits per heavy atom. The molecule has 7 heteroatoms. The molecule has 1 atom stereocenters. The van der Waals surface area contributed by atoms with Crippen molar-refractivity contribution in [1.82, 2.24) is 10.2 Å². The van der Waals surface area contributed by atoms with Crippen LogP contribution in [0.5, 0.6) is 5.75 Å². The van der Waals surface area contributed by atoms with Gasteiger partial charge in [-0.25, -0.2) is 0 Å². The third-order valence-corrected chi connectivity index (χ3v) is 5.67. The van der Waals surface area contributed by atoms with Crippen molar-refractivity contribution in [3.8, 4) is 5.75 Å². The van der Waals surface area contributed by atoms with Crippen molar-refractivity contribution in [3.63, 3.8) is 0 Å². The summed E-state index contributed by atoms with van der Waals surface area (Å²) in [6, 6.07) is 17.3. The maximum absolute atomic E-state index is 12.6. The lowest BCUT2D eigenvalue weighted by Crippen LogP contribution is -2.52. The molecule has 2 amide bonds. The zero-order valence-electron chi connectivity index (χ0n) is 17.7. The molecule has 7 nitrogen and oxygen atoms in total. The van der Waals surface area contributed by atoms with E-state index in [1.165, 1.54) is 5.56 Å². The highest BCUT2D eigenvalue weighted by Crippen LogP contribution is 2.33. The zero-order chi connectivity index (χ0) is 21.7. The maximum atomic E-state index is 12.6. The third kappa shape index (κ3) is 5.23.